The van der Waals surface area contributed by atoms with Crippen molar-refractivity contribution in [3.8, 4) is 0 Å². The minimum atomic E-state index is -3.62. The number of nitro benzene ring substituents is 1. The van der Waals surface area contributed by atoms with Gasteiger partial charge in [-0.15, -0.1) is 0 Å². The van der Waals surface area contributed by atoms with Crippen LogP contribution in [0.15, 0.2) is 29.2 Å². The summed E-state index contributed by atoms with van der Waals surface area (Å²) in [5.74, 6) is -0.0758. The highest BCUT2D eigenvalue weighted by molar-refractivity contribution is 7.91. The number of benzene rings is 1. The van der Waals surface area contributed by atoms with E-state index in [2.05, 4.69) is 5.32 Å². The molecule has 1 N–H and O–H groups in total. The van der Waals surface area contributed by atoms with E-state index in [1.807, 2.05) is 13.8 Å². The fraction of sp³-hybridized carbons (Fsp3) is 0.538. The van der Waals surface area contributed by atoms with Crippen LogP contribution < -0.4 is 5.32 Å². The molecule has 1 unspecified atom stereocenters. The largest absolute Gasteiger partial charge is 0.315 e. The van der Waals surface area contributed by atoms with E-state index in [0.717, 1.165) is 6.54 Å². The van der Waals surface area contributed by atoms with E-state index in [0.29, 0.717) is 12.8 Å². The molecule has 0 amide bonds. The van der Waals surface area contributed by atoms with Gasteiger partial charge < -0.3 is 5.32 Å². The SMILES string of the molecule is CCNC(C)CCCS(=O)(=O)c1ccccc1[N+](=O)[O-]. The molecule has 0 saturated heterocycles. The molecule has 0 bridgehead atoms. The van der Waals surface area contributed by atoms with Crippen molar-refractivity contribution in [1.82, 2.24) is 5.32 Å². The van der Waals surface area contributed by atoms with Gasteiger partial charge in [0, 0.05) is 12.1 Å². The minimum absolute atomic E-state index is 0.0758. The van der Waals surface area contributed by atoms with Crippen LogP contribution in [0.2, 0.25) is 0 Å². The summed E-state index contributed by atoms with van der Waals surface area (Å²) in [5, 5.41) is 14.1. The number of nitro groups is 1. The van der Waals surface area contributed by atoms with Gasteiger partial charge in [0.25, 0.3) is 5.69 Å². The van der Waals surface area contributed by atoms with Crippen LogP contribution in [0.3, 0.4) is 0 Å². The molecule has 0 radical (unpaired) electrons. The molecule has 1 rings (SSSR count). The summed E-state index contributed by atoms with van der Waals surface area (Å²) >= 11 is 0. The Bertz CT molecular complexity index is 557. The molecule has 0 heterocycles. The zero-order valence-electron chi connectivity index (χ0n) is 11.7. The van der Waals surface area contributed by atoms with Gasteiger partial charge in [0.15, 0.2) is 9.84 Å². The van der Waals surface area contributed by atoms with Crippen LogP contribution >= 0.6 is 0 Å². The Morgan fingerprint density at radius 1 is 1.35 bits per heavy atom. The molecule has 0 spiro atoms. The summed E-state index contributed by atoms with van der Waals surface area (Å²) < 4.78 is 24.3. The lowest BCUT2D eigenvalue weighted by atomic mass is 10.2. The first-order valence-corrected chi connectivity index (χ1v) is 8.23. The maximum Gasteiger partial charge on any atom is 0.287 e. The van der Waals surface area contributed by atoms with E-state index < -0.39 is 14.8 Å². The fourth-order valence-electron chi connectivity index (χ4n) is 2.01. The number of nitrogens with zero attached hydrogens (tertiary/aromatic N) is 1. The van der Waals surface area contributed by atoms with Gasteiger partial charge in [-0.1, -0.05) is 19.1 Å². The predicted molar refractivity (Wildman–Crippen MR) is 77.5 cm³/mol. The third kappa shape index (κ3) is 4.57. The number of rotatable bonds is 8. The normalized spacial score (nSPS) is 13.1. The second kappa shape index (κ2) is 7.35. The smallest absolute Gasteiger partial charge is 0.287 e. The topological polar surface area (TPSA) is 89.3 Å². The molecule has 0 saturated carbocycles. The Balaban J connectivity index is 2.77. The summed E-state index contributed by atoms with van der Waals surface area (Å²) in [5.41, 5.74) is -0.354. The van der Waals surface area contributed by atoms with Crippen LogP contribution in [0.5, 0.6) is 0 Å². The number of nitrogens with one attached hydrogen (secondary N) is 1. The van der Waals surface area contributed by atoms with Crippen LogP contribution in [0.4, 0.5) is 5.69 Å². The van der Waals surface area contributed by atoms with Crippen molar-refractivity contribution in [1.29, 1.82) is 0 Å². The highest BCUT2D eigenvalue weighted by atomic mass is 32.2. The molecule has 0 aliphatic heterocycles. The molecule has 1 aromatic carbocycles. The average Bonchev–Trinajstić information content (AvgIpc) is 2.38. The van der Waals surface area contributed by atoms with E-state index >= 15 is 0 Å². The number of para-hydroxylation sites is 1. The van der Waals surface area contributed by atoms with Crippen molar-refractivity contribution in [3.63, 3.8) is 0 Å². The first-order chi connectivity index (χ1) is 9.38. The van der Waals surface area contributed by atoms with Gasteiger partial charge in [-0.05, 0) is 32.4 Å². The Morgan fingerprint density at radius 3 is 2.60 bits per heavy atom. The first kappa shape index (κ1) is 16.6. The van der Waals surface area contributed by atoms with E-state index in [1.54, 1.807) is 0 Å². The van der Waals surface area contributed by atoms with Crippen LogP contribution in [0.25, 0.3) is 0 Å². The maximum atomic E-state index is 12.2. The minimum Gasteiger partial charge on any atom is -0.315 e. The maximum absolute atomic E-state index is 12.2. The van der Waals surface area contributed by atoms with Crippen molar-refractivity contribution in [2.75, 3.05) is 12.3 Å². The standard InChI is InChI=1S/C13H20N2O4S/c1-3-14-11(2)7-6-10-20(18,19)13-9-5-4-8-12(13)15(16)17/h4-5,8-9,11,14H,3,6-7,10H2,1-2H3. The molecular weight excluding hydrogens is 280 g/mol. The summed E-state index contributed by atoms with van der Waals surface area (Å²) in [6.45, 7) is 4.81. The molecule has 1 atom stereocenters. The molecule has 0 fully saturated rings. The predicted octanol–water partition coefficient (Wildman–Crippen LogP) is 2.15. The Hall–Kier alpha value is -1.47. The van der Waals surface area contributed by atoms with E-state index in [-0.39, 0.29) is 22.4 Å². The van der Waals surface area contributed by atoms with Crippen LogP contribution in [0.1, 0.15) is 26.7 Å². The lowest BCUT2D eigenvalue weighted by molar-refractivity contribution is -0.387. The van der Waals surface area contributed by atoms with Crippen molar-refractivity contribution in [2.45, 2.75) is 37.6 Å². The summed E-state index contributed by atoms with van der Waals surface area (Å²) in [6.07, 6.45) is 1.19. The molecule has 7 heteroatoms. The molecule has 6 nitrogen and oxygen atoms in total. The van der Waals surface area contributed by atoms with Gasteiger partial charge in [0.05, 0.1) is 10.7 Å². The summed E-state index contributed by atoms with van der Waals surface area (Å²) in [7, 11) is -3.62. The van der Waals surface area contributed by atoms with Gasteiger partial charge in [0.2, 0.25) is 0 Å². The lowest BCUT2D eigenvalue weighted by Gasteiger charge is -2.11. The average molecular weight is 300 g/mol. The summed E-state index contributed by atoms with van der Waals surface area (Å²) in [6, 6.07) is 5.71. The number of hydrogen-bond donors (Lipinski definition) is 1. The van der Waals surface area contributed by atoms with Crippen molar-refractivity contribution in [2.24, 2.45) is 0 Å². The third-order valence-corrected chi connectivity index (χ3v) is 4.84. The molecule has 112 valence electrons. The zero-order chi connectivity index (χ0) is 15.2. The number of sulfone groups is 1. The second-order valence-corrected chi connectivity index (χ2v) is 6.72. The second-order valence-electron chi connectivity index (χ2n) is 4.64. The molecule has 1 aromatic rings. The third-order valence-electron chi connectivity index (χ3n) is 3.00. The van der Waals surface area contributed by atoms with E-state index in [9.17, 15) is 18.5 Å². The quantitative estimate of drug-likeness (QED) is 0.587. The monoisotopic (exact) mass is 300 g/mol. The van der Waals surface area contributed by atoms with Crippen molar-refractivity contribution in [3.05, 3.63) is 34.4 Å². The van der Waals surface area contributed by atoms with Gasteiger partial charge in [-0.3, -0.25) is 10.1 Å². The molecule has 20 heavy (non-hydrogen) atoms. The zero-order valence-corrected chi connectivity index (χ0v) is 12.5. The Kier molecular flexibility index (Phi) is 6.09. The van der Waals surface area contributed by atoms with Crippen LogP contribution in [-0.4, -0.2) is 31.7 Å². The van der Waals surface area contributed by atoms with Gasteiger partial charge in [-0.25, -0.2) is 8.42 Å². The molecule has 0 aliphatic rings. The van der Waals surface area contributed by atoms with Gasteiger partial charge in [0.1, 0.15) is 4.90 Å². The highest BCUT2D eigenvalue weighted by Gasteiger charge is 2.24. The Labute approximate surface area is 119 Å². The Morgan fingerprint density at radius 2 is 2.00 bits per heavy atom. The van der Waals surface area contributed by atoms with Crippen LogP contribution in [0, 0.1) is 10.1 Å². The lowest BCUT2D eigenvalue weighted by Crippen LogP contribution is -2.26. The molecule has 0 aliphatic carbocycles. The highest BCUT2D eigenvalue weighted by Crippen LogP contribution is 2.24. The van der Waals surface area contributed by atoms with Crippen molar-refractivity contribution >= 4 is 15.5 Å². The summed E-state index contributed by atoms with van der Waals surface area (Å²) in [4.78, 5) is 10.0. The van der Waals surface area contributed by atoms with Gasteiger partial charge >= 0.3 is 0 Å². The van der Waals surface area contributed by atoms with E-state index in [1.165, 1.54) is 24.3 Å². The fourth-order valence-corrected chi connectivity index (χ4v) is 3.52. The number of hydrogen-bond acceptors (Lipinski definition) is 5. The van der Waals surface area contributed by atoms with Crippen LogP contribution in [-0.2, 0) is 9.84 Å². The van der Waals surface area contributed by atoms with Gasteiger partial charge in [-0.2, -0.15) is 0 Å². The first-order valence-electron chi connectivity index (χ1n) is 6.58. The molecule has 0 aromatic heterocycles. The van der Waals surface area contributed by atoms with Crippen molar-refractivity contribution < 1.29 is 13.3 Å². The van der Waals surface area contributed by atoms with E-state index in [4.69, 9.17) is 0 Å². The molecular formula is C13H20N2O4S.